The van der Waals surface area contributed by atoms with Crippen LogP contribution in [-0.2, 0) is 0 Å². The lowest BCUT2D eigenvalue weighted by atomic mass is 10.1. The third kappa shape index (κ3) is 1.86. The summed E-state index contributed by atoms with van der Waals surface area (Å²) in [7, 11) is 0. The van der Waals surface area contributed by atoms with Crippen LogP contribution in [0.5, 0.6) is 0 Å². The standard InChI is InChI=1S/C16H15N3O/c1-10-9-12(7-8-14(10)17)19-11(2)18-16(20)13-5-3-4-6-15(13)19/h3-9H,17H2,1-2H3. The molecule has 2 N–H and O–H groups in total. The van der Waals surface area contributed by atoms with Gasteiger partial charge in [-0.15, -0.1) is 0 Å². The van der Waals surface area contributed by atoms with Crippen LogP contribution in [0, 0.1) is 13.8 Å². The Kier molecular flexibility index (Phi) is 2.79. The third-order valence-corrected chi connectivity index (χ3v) is 3.47. The van der Waals surface area contributed by atoms with Crippen LogP contribution in [0.2, 0.25) is 0 Å². The van der Waals surface area contributed by atoms with E-state index in [2.05, 4.69) is 4.98 Å². The van der Waals surface area contributed by atoms with Gasteiger partial charge in [0.25, 0.3) is 5.56 Å². The minimum absolute atomic E-state index is 0.193. The minimum atomic E-state index is -0.193. The van der Waals surface area contributed by atoms with Crippen molar-refractivity contribution in [2.24, 2.45) is 0 Å². The average molecular weight is 265 g/mol. The van der Waals surface area contributed by atoms with Gasteiger partial charge in [0.1, 0.15) is 5.82 Å². The lowest BCUT2D eigenvalue weighted by Gasteiger charge is -2.14. The summed E-state index contributed by atoms with van der Waals surface area (Å²) in [6.07, 6.45) is 0. The van der Waals surface area contributed by atoms with E-state index >= 15 is 0 Å². The fraction of sp³-hybridized carbons (Fsp3) is 0.125. The molecule has 1 heterocycles. The maximum atomic E-state index is 12.0. The highest BCUT2D eigenvalue weighted by atomic mass is 16.1. The summed E-state index contributed by atoms with van der Waals surface area (Å²) in [4.78, 5) is 16.1. The van der Waals surface area contributed by atoms with Gasteiger partial charge in [0.2, 0.25) is 0 Å². The summed E-state index contributed by atoms with van der Waals surface area (Å²) in [5.74, 6) is 0.665. The molecule has 1 aromatic heterocycles. The number of hydrogen-bond acceptors (Lipinski definition) is 3. The molecule has 0 atom stereocenters. The molecule has 2 aromatic carbocycles. The number of nitrogen functional groups attached to an aromatic ring is 1. The average Bonchev–Trinajstić information content (AvgIpc) is 2.43. The number of para-hydroxylation sites is 1. The molecule has 0 aliphatic heterocycles. The van der Waals surface area contributed by atoms with Crippen molar-refractivity contribution in [1.29, 1.82) is 0 Å². The number of fused-ring (bicyclic) bond motifs is 1. The normalized spacial score (nSPS) is 10.9. The van der Waals surface area contributed by atoms with E-state index in [1.165, 1.54) is 0 Å². The zero-order chi connectivity index (χ0) is 14.3. The van der Waals surface area contributed by atoms with Crippen LogP contribution in [-0.4, -0.2) is 9.55 Å². The molecule has 0 unspecified atom stereocenters. The van der Waals surface area contributed by atoms with Gasteiger partial charge in [-0.3, -0.25) is 9.36 Å². The summed E-state index contributed by atoms with van der Waals surface area (Å²) in [6.45, 7) is 3.80. The first-order chi connectivity index (χ1) is 9.58. The van der Waals surface area contributed by atoms with Gasteiger partial charge in [-0.05, 0) is 49.7 Å². The molecule has 3 aromatic rings. The van der Waals surface area contributed by atoms with Gasteiger partial charge in [0.05, 0.1) is 10.9 Å². The number of benzene rings is 2. The highest BCUT2D eigenvalue weighted by Crippen LogP contribution is 2.21. The Morgan fingerprint density at radius 3 is 2.60 bits per heavy atom. The summed E-state index contributed by atoms with van der Waals surface area (Å²) >= 11 is 0. The summed E-state index contributed by atoms with van der Waals surface area (Å²) in [5, 5.41) is 0.618. The Balaban J connectivity index is 2.41. The number of rotatable bonds is 1. The zero-order valence-electron chi connectivity index (χ0n) is 11.4. The zero-order valence-corrected chi connectivity index (χ0v) is 11.4. The fourth-order valence-electron chi connectivity index (χ4n) is 2.41. The van der Waals surface area contributed by atoms with E-state index in [0.717, 1.165) is 22.5 Å². The smallest absolute Gasteiger partial charge is 0.280 e. The second-order valence-corrected chi connectivity index (χ2v) is 4.86. The Bertz CT molecular complexity index is 865. The van der Waals surface area contributed by atoms with Gasteiger partial charge in [-0.1, -0.05) is 12.1 Å². The molecule has 0 aliphatic rings. The number of hydrogen-bond donors (Lipinski definition) is 1. The highest BCUT2D eigenvalue weighted by molar-refractivity contribution is 5.80. The molecule has 0 radical (unpaired) electrons. The van der Waals surface area contributed by atoms with Crippen molar-refractivity contribution in [1.82, 2.24) is 9.55 Å². The van der Waals surface area contributed by atoms with Crippen molar-refractivity contribution >= 4 is 16.6 Å². The summed E-state index contributed by atoms with van der Waals surface area (Å²) < 4.78 is 1.98. The second-order valence-electron chi connectivity index (χ2n) is 4.86. The third-order valence-electron chi connectivity index (χ3n) is 3.47. The Morgan fingerprint density at radius 2 is 1.85 bits per heavy atom. The van der Waals surface area contributed by atoms with Gasteiger partial charge in [-0.2, -0.15) is 4.98 Å². The fourth-order valence-corrected chi connectivity index (χ4v) is 2.41. The molecule has 0 saturated carbocycles. The number of nitrogens with zero attached hydrogens (tertiary/aromatic N) is 2. The van der Waals surface area contributed by atoms with Crippen LogP contribution < -0.4 is 11.3 Å². The lowest BCUT2D eigenvalue weighted by Crippen LogP contribution is -2.15. The molecule has 0 spiro atoms. The highest BCUT2D eigenvalue weighted by Gasteiger charge is 2.09. The molecule has 0 saturated heterocycles. The van der Waals surface area contributed by atoms with Gasteiger partial charge in [-0.25, -0.2) is 0 Å². The predicted octanol–water partition coefficient (Wildman–Crippen LogP) is 2.58. The van der Waals surface area contributed by atoms with E-state index in [4.69, 9.17) is 5.73 Å². The van der Waals surface area contributed by atoms with E-state index in [0.29, 0.717) is 11.2 Å². The minimum Gasteiger partial charge on any atom is -0.399 e. The molecule has 0 bridgehead atoms. The number of aromatic nitrogens is 2. The van der Waals surface area contributed by atoms with Crippen molar-refractivity contribution in [2.45, 2.75) is 13.8 Å². The van der Waals surface area contributed by atoms with Crippen LogP contribution in [0.25, 0.3) is 16.6 Å². The van der Waals surface area contributed by atoms with Gasteiger partial charge >= 0.3 is 0 Å². The summed E-state index contributed by atoms with van der Waals surface area (Å²) in [5.41, 5.74) is 9.24. The molecule has 3 rings (SSSR count). The van der Waals surface area contributed by atoms with Gasteiger partial charge < -0.3 is 5.73 Å². The molecule has 4 heteroatoms. The Morgan fingerprint density at radius 1 is 1.10 bits per heavy atom. The van der Waals surface area contributed by atoms with E-state index in [1.807, 2.05) is 54.8 Å². The van der Waals surface area contributed by atoms with Crippen molar-refractivity contribution in [3.8, 4) is 5.69 Å². The van der Waals surface area contributed by atoms with Crippen molar-refractivity contribution in [3.05, 3.63) is 64.2 Å². The predicted molar refractivity (Wildman–Crippen MR) is 81.2 cm³/mol. The monoisotopic (exact) mass is 265 g/mol. The van der Waals surface area contributed by atoms with Crippen molar-refractivity contribution in [2.75, 3.05) is 5.73 Å². The van der Waals surface area contributed by atoms with E-state index in [-0.39, 0.29) is 5.56 Å². The molecule has 20 heavy (non-hydrogen) atoms. The molecule has 0 amide bonds. The second kappa shape index (κ2) is 4.49. The van der Waals surface area contributed by atoms with Gasteiger partial charge in [0.15, 0.2) is 0 Å². The van der Waals surface area contributed by atoms with Gasteiger partial charge in [0, 0.05) is 11.4 Å². The SMILES string of the molecule is Cc1cc(-n2c(C)nc(=O)c3ccccc32)ccc1N. The maximum absolute atomic E-state index is 12.0. The van der Waals surface area contributed by atoms with Crippen molar-refractivity contribution in [3.63, 3.8) is 0 Å². The van der Waals surface area contributed by atoms with Crippen LogP contribution in [0.15, 0.2) is 47.3 Å². The number of anilines is 1. The van der Waals surface area contributed by atoms with E-state index < -0.39 is 0 Å². The molecular weight excluding hydrogens is 250 g/mol. The first kappa shape index (κ1) is 12.4. The first-order valence-electron chi connectivity index (χ1n) is 6.43. The number of nitrogens with two attached hydrogens (primary N) is 1. The lowest BCUT2D eigenvalue weighted by molar-refractivity contribution is 0.932. The Hall–Kier alpha value is -2.62. The maximum Gasteiger partial charge on any atom is 0.280 e. The van der Waals surface area contributed by atoms with Crippen LogP contribution in [0.3, 0.4) is 0 Å². The molecular formula is C16H15N3O. The molecule has 4 nitrogen and oxygen atoms in total. The van der Waals surface area contributed by atoms with Crippen molar-refractivity contribution < 1.29 is 0 Å². The first-order valence-corrected chi connectivity index (χ1v) is 6.43. The molecule has 100 valence electrons. The summed E-state index contributed by atoms with van der Waals surface area (Å²) in [6, 6.07) is 13.3. The largest absolute Gasteiger partial charge is 0.399 e. The quantitative estimate of drug-likeness (QED) is 0.688. The topological polar surface area (TPSA) is 60.9 Å². The van der Waals surface area contributed by atoms with Crippen LogP contribution in [0.1, 0.15) is 11.4 Å². The van der Waals surface area contributed by atoms with E-state index in [9.17, 15) is 4.79 Å². The Labute approximate surface area is 116 Å². The molecule has 0 fully saturated rings. The van der Waals surface area contributed by atoms with E-state index in [1.54, 1.807) is 6.07 Å². The molecule has 0 aliphatic carbocycles. The van der Waals surface area contributed by atoms with Crippen LogP contribution >= 0.6 is 0 Å². The van der Waals surface area contributed by atoms with Crippen LogP contribution in [0.4, 0.5) is 5.69 Å². The number of aryl methyl sites for hydroxylation is 2.